The second-order valence-electron chi connectivity index (χ2n) is 4.87. The van der Waals surface area contributed by atoms with Gasteiger partial charge in [0.2, 0.25) is 11.7 Å². The van der Waals surface area contributed by atoms with Gasteiger partial charge in [-0.15, -0.1) is 0 Å². The van der Waals surface area contributed by atoms with Crippen LogP contribution in [0.2, 0.25) is 0 Å². The fourth-order valence-corrected chi connectivity index (χ4v) is 2.46. The molecule has 1 saturated carbocycles. The summed E-state index contributed by atoms with van der Waals surface area (Å²) in [6, 6.07) is 2.93. The fraction of sp³-hybridized carbons (Fsp3) is 0.462. The predicted octanol–water partition coefficient (Wildman–Crippen LogP) is 2.26. The van der Waals surface area contributed by atoms with Crippen LogP contribution in [0.5, 0.6) is 0 Å². The zero-order chi connectivity index (χ0) is 13.2. The molecule has 0 aliphatic heterocycles. The minimum absolute atomic E-state index is 0.0724. The van der Waals surface area contributed by atoms with Gasteiger partial charge >= 0.3 is 0 Å². The molecule has 2 aromatic rings. The van der Waals surface area contributed by atoms with Crippen molar-refractivity contribution in [3.05, 3.63) is 30.0 Å². The standard InChI is InChI=1S/C13H15FN4O/c14-8-5-6-11(16-7-8)12-17-13(19-18-12)9-3-1-2-4-10(9)15/h5-7,9-10H,1-4,15H2. The minimum atomic E-state index is -0.387. The van der Waals surface area contributed by atoms with Crippen molar-refractivity contribution in [1.82, 2.24) is 15.1 Å². The summed E-state index contributed by atoms with van der Waals surface area (Å²) in [5.41, 5.74) is 6.59. The average molecular weight is 262 g/mol. The maximum Gasteiger partial charge on any atom is 0.231 e. The molecular weight excluding hydrogens is 247 g/mol. The maximum absolute atomic E-state index is 12.8. The lowest BCUT2D eigenvalue weighted by molar-refractivity contribution is 0.290. The first-order valence-electron chi connectivity index (χ1n) is 6.45. The van der Waals surface area contributed by atoms with Crippen molar-refractivity contribution in [2.75, 3.05) is 0 Å². The van der Waals surface area contributed by atoms with Gasteiger partial charge in [0.15, 0.2) is 0 Å². The van der Waals surface area contributed by atoms with E-state index in [0.29, 0.717) is 17.4 Å². The van der Waals surface area contributed by atoms with Gasteiger partial charge in [-0.25, -0.2) is 9.37 Å². The molecule has 1 aliphatic rings. The highest BCUT2D eigenvalue weighted by Crippen LogP contribution is 2.31. The van der Waals surface area contributed by atoms with Crippen LogP contribution in [0.3, 0.4) is 0 Å². The topological polar surface area (TPSA) is 77.8 Å². The van der Waals surface area contributed by atoms with Crippen LogP contribution in [0.25, 0.3) is 11.5 Å². The summed E-state index contributed by atoms with van der Waals surface area (Å²) in [5, 5.41) is 3.90. The zero-order valence-corrected chi connectivity index (χ0v) is 10.4. The molecule has 2 atom stereocenters. The summed E-state index contributed by atoms with van der Waals surface area (Å²) in [7, 11) is 0. The van der Waals surface area contributed by atoms with E-state index >= 15 is 0 Å². The number of aromatic nitrogens is 3. The third-order valence-electron chi connectivity index (χ3n) is 3.53. The highest BCUT2D eigenvalue weighted by atomic mass is 19.1. The van der Waals surface area contributed by atoms with Gasteiger partial charge in [-0.3, -0.25) is 0 Å². The lowest BCUT2D eigenvalue weighted by Gasteiger charge is -2.25. The molecule has 5 nitrogen and oxygen atoms in total. The van der Waals surface area contributed by atoms with Gasteiger partial charge in [-0.1, -0.05) is 18.0 Å². The van der Waals surface area contributed by atoms with Crippen molar-refractivity contribution in [3.8, 4) is 11.5 Å². The first-order chi connectivity index (χ1) is 9.24. The summed E-state index contributed by atoms with van der Waals surface area (Å²) in [6.45, 7) is 0. The van der Waals surface area contributed by atoms with Gasteiger partial charge in [-0.2, -0.15) is 4.98 Å². The molecule has 0 radical (unpaired) electrons. The second-order valence-corrected chi connectivity index (χ2v) is 4.87. The Labute approximate surface area is 110 Å². The molecule has 3 rings (SSSR count). The molecule has 0 spiro atoms. The van der Waals surface area contributed by atoms with Crippen molar-refractivity contribution < 1.29 is 8.91 Å². The molecule has 0 aromatic carbocycles. The monoisotopic (exact) mass is 262 g/mol. The highest BCUT2D eigenvalue weighted by molar-refractivity contribution is 5.47. The number of nitrogens with two attached hydrogens (primary N) is 1. The molecule has 6 heteroatoms. The van der Waals surface area contributed by atoms with Crippen LogP contribution < -0.4 is 5.73 Å². The van der Waals surface area contributed by atoms with Crippen molar-refractivity contribution in [2.45, 2.75) is 37.6 Å². The van der Waals surface area contributed by atoms with Gasteiger partial charge in [0.25, 0.3) is 0 Å². The third kappa shape index (κ3) is 2.49. The quantitative estimate of drug-likeness (QED) is 0.898. The molecule has 1 fully saturated rings. The van der Waals surface area contributed by atoms with Crippen molar-refractivity contribution >= 4 is 0 Å². The molecule has 1 aliphatic carbocycles. The number of rotatable bonds is 2. The Balaban J connectivity index is 1.84. The third-order valence-corrected chi connectivity index (χ3v) is 3.53. The van der Waals surface area contributed by atoms with E-state index in [1.165, 1.54) is 12.1 Å². The Bertz CT molecular complexity index is 554. The van der Waals surface area contributed by atoms with Crippen LogP contribution in [-0.2, 0) is 0 Å². The first-order valence-corrected chi connectivity index (χ1v) is 6.45. The van der Waals surface area contributed by atoms with E-state index in [9.17, 15) is 4.39 Å². The summed E-state index contributed by atoms with van der Waals surface area (Å²) < 4.78 is 18.1. The fourth-order valence-electron chi connectivity index (χ4n) is 2.46. The zero-order valence-electron chi connectivity index (χ0n) is 10.4. The van der Waals surface area contributed by atoms with Gasteiger partial charge in [-0.05, 0) is 25.0 Å². The number of pyridine rings is 1. The molecule has 0 bridgehead atoms. The van der Waals surface area contributed by atoms with Crippen LogP contribution in [0.4, 0.5) is 4.39 Å². The van der Waals surface area contributed by atoms with Gasteiger partial charge < -0.3 is 10.3 Å². The molecular formula is C13H15FN4O. The Hall–Kier alpha value is -1.82. The number of hydrogen-bond acceptors (Lipinski definition) is 5. The van der Waals surface area contributed by atoms with Crippen LogP contribution in [0, 0.1) is 5.82 Å². The lowest BCUT2D eigenvalue weighted by Crippen LogP contribution is -2.31. The summed E-state index contributed by atoms with van der Waals surface area (Å²) >= 11 is 0. The van der Waals surface area contributed by atoms with Crippen LogP contribution in [0.1, 0.15) is 37.5 Å². The van der Waals surface area contributed by atoms with Gasteiger partial charge in [0.1, 0.15) is 11.5 Å². The number of halogens is 1. The Morgan fingerprint density at radius 1 is 1.26 bits per heavy atom. The van der Waals surface area contributed by atoms with E-state index in [0.717, 1.165) is 31.9 Å². The molecule has 19 heavy (non-hydrogen) atoms. The second kappa shape index (κ2) is 5.05. The van der Waals surface area contributed by atoms with Crippen LogP contribution in [0.15, 0.2) is 22.9 Å². The Morgan fingerprint density at radius 2 is 2.11 bits per heavy atom. The van der Waals surface area contributed by atoms with E-state index in [1.807, 2.05) is 0 Å². The van der Waals surface area contributed by atoms with Crippen molar-refractivity contribution in [1.29, 1.82) is 0 Å². The van der Waals surface area contributed by atoms with Gasteiger partial charge in [0.05, 0.1) is 12.1 Å². The molecule has 2 N–H and O–H groups in total. The first kappa shape index (κ1) is 12.2. The molecule has 2 heterocycles. The predicted molar refractivity (Wildman–Crippen MR) is 66.7 cm³/mol. The lowest BCUT2D eigenvalue weighted by atomic mass is 9.85. The number of hydrogen-bond donors (Lipinski definition) is 1. The molecule has 2 aromatic heterocycles. The molecule has 2 unspecified atom stereocenters. The summed E-state index contributed by atoms with van der Waals surface area (Å²) in [6.07, 6.45) is 5.37. The van der Waals surface area contributed by atoms with E-state index in [2.05, 4.69) is 15.1 Å². The Kier molecular flexibility index (Phi) is 3.25. The van der Waals surface area contributed by atoms with Gasteiger partial charge in [0, 0.05) is 6.04 Å². The van der Waals surface area contributed by atoms with E-state index in [4.69, 9.17) is 10.3 Å². The maximum atomic E-state index is 12.8. The van der Waals surface area contributed by atoms with Crippen LogP contribution >= 0.6 is 0 Å². The molecule has 0 amide bonds. The van der Waals surface area contributed by atoms with Crippen molar-refractivity contribution in [2.24, 2.45) is 5.73 Å². The van der Waals surface area contributed by atoms with E-state index in [-0.39, 0.29) is 17.8 Å². The summed E-state index contributed by atoms with van der Waals surface area (Å²) in [5.74, 6) is 0.679. The largest absolute Gasteiger partial charge is 0.339 e. The highest BCUT2D eigenvalue weighted by Gasteiger charge is 2.28. The molecule has 100 valence electrons. The smallest absolute Gasteiger partial charge is 0.231 e. The number of nitrogens with zero attached hydrogens (tertiary/aromatic N) is 3. The summed E-state index contributed by atoms with van der Waals surface area (Å²) in [4.78, 5) is 8.28. The normalized spacial score (nSPS) is 23.5. The van der Waals surface area contributed by atoms with Crippen LogP contribution in [-0.4, -0.2) is 21.2 Å². The Morgan fingerprint density at radius 3 is 2.84 bits per heavy atom. The molecule has 0 saturated heterocycles. The average Bonchev–Trinajstić information content (AvgIpc) is 2.89. The van der Waals surface area contributed by atoms with E-state index in [1.54, 1.807) is 0 Å². The SMILES string of the molecule is NC1CCCCC1c1nc(-c2ccc(F)cn2)no1. The van der Waals surface area contributed by atoms with Crippen molar-refractivity contribution in [3.63, 3.8) is 0 Å². The minimum Gasteiger partial charge on any atom is -0.339 e. The van der Waals surface area contributed by atoms with E-state index < -0.39 is 0 Å².